The Morgan fingerprint density at radius 1 is 1.50 bits per heavy atom. The van der Waals surface area contributed by atoms with Crippen LogP contribution in [0.4, 0.5) is 0 Å². The van der Waals surface area contributed by atoms with Crippen LogP contribution in [0.1, 0.15) is 18.1 Å². The molecular formula is C12H16BrNO3S. The molecule has 0 spiro atoms. The summed E-state index contributed by atoms with van der Waals surface area (Å²) in [7, 11) is -3.20. The standard InChI is InChI=1S/C12H16BrNO3S/c1-8(14)6-18(15,16)7-10-5-11(13)4-9-2-3-17-12(9)10/h4-5,8H,2-3,6-7,14H2,1H3. The van der Waals surface area contributed by atoms with Gasteiger partial charge in [0.1, 0.15) is 5.75 Å². The summed E-state index contributed by atoms with van der Waals surface area (Å²) in [5.74, 6) is 0.705. The van der Waals surface area contributed by atoms with Crippen LogP contribution in [0.3, 0.4) is 0 Å². The minimum atomic E-state index is -3.20. The third kappa shape index (κ3) is 3.24. The van der Waals surface area contributed by atoms with Crippen LogP contribution in [-0.4, -0.2) is 26.8 Å². The Labute approximate surface area is 116 Å². The molecule has 1 aromatic carbocycles. The van der Waals surface area contributed by atoms with E-state index in [2.05, 4.69) is 15.9 Å². The molecule has 2 N–H and O–H groups in total. The summed E-state index contributed by atoms with van der Waals surface area (Å²) in [6.07, 6.45) is 0.828. The lowest BCUT2D eigenvalue weighted by Gasteiger charge is -2.11. The lowest BCUT2D eigenvalue weighted by atomic mass is 10.1. The molecule has 0 aromatic heterocycles. The van der Waals surface area contributed by atoms with Crippen molar-refractivity contribution in [2.45, 2.75) is 25.1 Å². The molecule has 18 heavy (non-hydrogen) atoms. The van der Waals surface area contributed by atoms with Crippen molar-refractivity contribution in [3.63, 3.8) is 0 Å². The van der Waals surface area contributed by atoms with E-state index in [0.29, 0.717) is 6.61 Å². The summed E-state index contributed by atoms with van der Waals surface area (Å²) >= 11 is 3.40. The van der Waals surface area contributed by atoms with Gasteiger partial charge in [-0.2, -0.15) is 0 Å². The van der Waals surface area contributed by atoms with E-state index in [9.17, 15) is 8.42 Å². The number of benzene rings is 1. The lowest BCUT2D eigenvalue weighted by Crippen LogP contribution is -2.27. The molecule has 0 fully saturated rings. The van der Waals surface area contributed by atoms with Gasteiger partial charge >= 0.3 is 0 Å². The zero-order valence-corrected chi connectivity index (χ0v) is 12.6. The highest BCUT2D eigenvalue weighted by molar-refractivity contribution is 9.10. The zero-order valence-electron chi connectivity index (χ0n) is 10.1. The van der Waals surface area contributed by atoms with E-state index in [1.54, 1.807) is 6.92 Å². The SMILES string of the molecule is CC(N)CS(=O)(=O)Cc1cc(Br)cc2c1OCC2. The number of fused-ring (bicyclic) bond motifs is 1. The van der Waals surface area contributed by atoms with Crippen molar-refractivity contribution < 1.29 is 13.2 Å². The molecule has 1 unspecified atom stereocenters. The van der Waals surface area contributed by atoms with Gasteiger partial charge in [-0.1, -0.05) is 15.9 Å². The monoisotopic (exact) mass is 333 g/mol. The van der Waals surface area contributed by atoms with Crippen molar-refractivity contribution in [2.24, 2.45) is 5.73 Å². The van der Waals surface area contributed by atoms with Gasteiger partial charge in [0.25, 0.3) is 0 Å². The fourth-order valence-corrected chi connectivity index (χ4v) is 4.31. The number of ether oxygens (including phenoxy) is 1. The van der Waals surface area contributed by atoms with Gasteiger partial charge in [0.15, 0.2) is 9.84 Å². The topological polar surface area (TPSA) is 69.4 Å². The maximum absolute atomic E-state index is 12.0. The average Bonchev–Trinajstić information content (AvgIpc) is 2.61. The molecule has 1 heterocycles. The molecular weight excluding hydrogens is 318 g/mol. The van der Waals surface area contributed by atoms with Gasteiger partial charge in [-0.25, -0.2) is 8.42 Å². The van der Waals surface area contributed by atoms with Crippen molar-refractivity contribution in [1.82, 2.24) is 0 Å². The van der Waals surface area contributed by atoms with E-state index in [1.807, 2.05) is 12.1 Å². The molecule has 1 aromatic rings. The van der Waals surface area contributed by atoms with Gasteiger partial charge in [0, 0.05) is 22.5 Å². The minimum absolute atomic E-state index is 0.00567. The summed E-state index contributed by atoms with van der Waals surface area (Å²) in [6, 6.07) is 3.43. The highest BCUT2D eigenvalue weighted by atomic mass is 79.9. The van der Waals surface area contributed by atoms with Gasteiger partial charge in [0.2, 0.25) is 0 Å². The van der Waals surface area contributed by atoms with Crippen molar-refractivity contribution in [3.8, 4) is 5.75 Å². The zero-order chi connectivity index (χ0) is 13.3. The van der Waals surface area contributed by atoms with Crippen LogP contribution in [0.5, 0.6) is 5.75 Å². The van der Waals surface area contributed by atoms with E-state index in [4.69, 9.17) is 10.5 Å². The number of rotatable bonds is 4. The van der Waals surface area contributed by atoms with E-state index >= 15 is 0 Å². The van der Waals surface area contributed by atoms with Crippen LogP contribution in [0, 0.1) is 0 Å². The Hall–Kier alpha value is -0.590. The van der Waals surface area contributed by atoms with Gasteiger partial charge < -0.3 is 10.5 Å². The Kier molecular flexibility index (Phi) is 3.99. The number of halogens is 1. The molecule has 1 aliphatic heterocycles. The van der Waals surface area contributed by atoms with Crippen molar-refractivity contribution >= 4 is 25.8 Å². The fraction of sp³-hybridized carbons (Fsp3) is 0.500. The third-order valence-corrected chi connectivity index (χ3v) is 4.96. The van der Waals surface area contributed by atoms with Gasteiger partial charge in [0.05, 0.1) is 18.1 Å². The van der Waals surface area contributed by atoms with E-state index < -0.39 is 9.84 Å². The maximum atomic E-state index is 12.0. The van der Waals surface area contributed by atoms with Crippen LogP contribution in [0.15, 0.2) is 16.6 Å². The predicted octanol–water partition coefficient (Wildman–Crippen LogP) is 1.65. The molecule has 100 valence electrons. The molecule has 0 bridgehead atoms. The summed E-state index contributed by atoms with van der Waals surface area (Å²) in [5, 5.41) is 0. The predicted molar refractivity (Wildman–Crippen MR) is 74.5 cm³/mol. The first-order valence-corrected chi connectivity index (χ1v) is 8.39. The first kappa shape index (κ1) is 13.8. The quantitative estimate of drug-likeness (QED) is 0.909. The highest BCUT2D eigenvalue weighted by Gasteiger charge is 2.22. The number of hydrogen-bond acceptors (Lipinski definition) is 4. The lowest BCUT2D eigenvalue weighted by molar-refractivity contribution is 0.354. The second-order valence-electron chi connectivity index (χ2n) is 4.68. The largest absolute Gasteiger partial charge is 0.493 e. The van der Waals surface area contributed by atoms with Crippen LogP contribution >= 0.6 is 15.9 Å². The van der Waals surface area contributed by atoms with E-state index in [0.717, 1.165) is 27.8 Å². The minimum Gasteiger partial charge on any atom is -0.493 e. The van der Waals surface area contributed by atoms with Gasteiger partial charge in [-0.3, -0.25) is 0 Å². The first-order chi connectivity index (χ1) is 8.37. The molecule has 6 heteroatoms. The summed E-state index contributed by atoms with van der Waals surface area (Å²) in [4.78, 5) is 0. The summed E-state index contributed by atoms with van der Waals surface area (Å²) in [6.45, 7) is 2.31. The van der Waals surface area contributed by atoms with Crippen LogP contribution < -0.4 is 10.5 Å². The smallest absolute Gasteiger partial charge is 0.156 e. The normalized spacial score (nSPS) is 16.2. The van der Waals surface area contributed by atoms with Gasteiger partial charge in [-0.15, -0.1) is 0 Å². The van der Waals surface area contributed by atoms with Crippen molar-refractivity contribution in [2.75, 3.05) is 12.4 Å². The number of sulfone groups is 1. The molecule has 0 radical (unpaired) electrons. The van der Waals surface area contributed by atoms with E-state index in [1.165, 1.54) is 0 Å². The Bertz CT molecular complexity index is 555. The van der Waals surface area contributed by atoms with Crippen molar-refractivity contribution in [3.05, 3.63) is 27.7 Å². The van der Waals surface area contributed by atoms with Crippen LogP contribution in [-0.2, 0) is 22.0 Å². The molecule has 2 rings (SSSR count). The van der Waals surface area contributed by atoms with Crippen LogP contribution in [0.25, 0.3) is 0 Å². The average molecular weight is 334 g/mol. The maximum Gasteiger partial charge on any atom is 0.156 e. The summed E-state index contributed by atoms with van der Waals surface area (Å²) < 4.78 is 30.3. The fourth-order valence-electron chi connectivity index (χ4n) is 2.15. The molecule has 0 amide bonds. The first-order valence-electron chi connectivity index (χ1n) is 5.77. The molecule has 4 nitrogen and oxygen atoms in total. The second-order valence-corrected chi connectivity index (χ2v) is 7.71. The molecule has 0 saturated carbocycles. The van der Waals surface area contributed by atoms with Crippen molar-refractivity contribution in [1.29, 1.82) is 0 Å². The third-order valence-electron chi connectivity index (χ3n) is 2.72. The Morgan fingerprint density at radius 2 is 2.22 bits per heavy atom. The summed E-state index contributed by atoms with van der Waals surface area (Å²) in [5.41, 5.74) is 7.34. The highest BCUT2D eigenvalue weighted by Crippen LogP contribution is 2.34. The molecule has 0 saturated heterocycles. The molecule has 1 atom stereocenters. The molecule has 0 aliphatic carbocycles. The Morgan fingerprint density at radius 3 is 2.89 bits per heavy atom. The molecule has 1 aliphatic rings. The number of hydrogen-bond donors (Lipinski definition) is 1. The number of nitrogens with two attached hydrogens (primary N) is 1. The van der Waals surface area contributed by atoms with E-state index in [-0.39, 0.29) is 17.5 Å². The second kappa shape index (κ2) is 5.19. The van der Waals surface area contributed by atoms with Gasteiger partial charge in [-0.05, 0) is 24.6 Å². The Balaban J connectivity index is 2.30. The van der Waals surface area contributed by atoms with Crippen LogP contribution in [0.2, 0.25) is 0 Å².